The van der Waals surface area contributed by atoms with Crippen LogP contribution in [0.15, 0.2) is 57.7 Å². The Morgan fingerprint density at radius 2 is 2.29 bits per heavy atom. The highest BCUT2D eigenvalue weighted by Gasteiger charge is 2.09. The number of pyridine rings is 1. The molecule has 5 heteroatoms. The topological polar surface area (TPSA) is 43.3 Å². The van der Waals surface area contributed by atoms with Crippen LogP contribution in [0.25, 0.3) is 11.5 Å². The van der Waals surface area contributed by atoms with E-state index in [0.29, 0.717) is 0 Å². The van der Waals surface area contributed by atoms with Crippen molar-refractivity contribution in [2.45, 2.75) is 26.3 Å². The van der Waals surface area contributed by atoms with Gasteiger partial charge in [-0.25, -0.2) is 4.99 Å². The minimum atomic E-state index is 0.871. The van der Waals surface area contributed by atoms with Crippen LogP contribution >= 0.6 is 11.3 Å². The molecule has 0 amide bonds. The predicted octanol–water partition coefficient (Wildman–Crippen LogP) is 4.24. The number of unbranched alkanes of at least 4 members (excludes halogenated alkanes) is 1. The van der Waals surface area contributed by atoms with Crippen molar-refractivity contribution < 1.29 is 4.42 Å². The molecule has 0 aliphatic heterocycles. The summed E-state index contributed by atoms with van der Waals surface area (Å²) in [6.45, 7) is 3.13. The molecular weight excluding hydrogens is 282 g/mol. The van der Waals surface area contributed by atoms with Gasteiger partial charge in [0.15, 0.2) is 10.6 Å². The maximum absolute atomic E-state index is 5.54. The van der Waals surface area contributed by atoms with E-state index in [4.69, 9.17) is 9.41 Å². The van der Waals surface area contributed by atoms with E-state index in [1.807, 2.05) is 24.3 Å². The highest BCUT2D eigenvalue weighted by molar-refractivity contribution is 7.07. The summed E-state index contributed by atoms with van der Waals surface area (Å²) in [4.78, 5) is 9.79. The average molecular weight is 299 g/mol. The first kappa shape index (κ1) is 13.8. The lowest BCUT2D eigenvalue weighted by molar-refractivity contribution is 0.562. The maximum Gasteiger partial charge on any atom is 0.190 e. The molecule has 0 fully saturated rings. The predicted molar refractivity (Wildman–Crippen MR) is 84.4 cm³/mol. The van der Waals surface area contributed by atoms with Gasteiger partial charge in [-0.2, -0.15) is 0 Å². The third-order valence-electron chi connectivity index (χ3n) is 3.18. The van der Waals surface area contributed by atoms with Gasteiger partial charge in [0.25, 0.3) is 0 Å². The molecule has 0 N–H and O–H groups in total. The van der Waals surface area contributed by atoms with Crippen LogP contribution in [0.3, 0.4) is 0 Å². The van der Waals surface area contributed by atoms with Crippen molar-refractivity contribution in [2.24, 2.45) is 4.99 Å². The van der Waals surface area contributed by atoms with Gasteiger partial charge < -0.3 is 8.98 Å². The van der Waals surface area contributed by atoms with E-state index in [1.165, 1.54) is 0 Å². The number of furan rings is 1. The number of aromatic nitrogens is 2. The van der Waals surface area contributed by atoms with Crippen LogP contribution in [0.4, 0.5) is 5.69 Å². The smallest absolute Gasteiger partial charge is 0.190 e. The molecule has 0 radical (unpaired) electrons. The van der Waals surface area contributed by atoms with Gasteiger partial charge in [0, 0.05) is 18.1 Å². The highest BCUT2D eigenvalue weighted by atomic mass is 32.1. The molecule has 4 nitrogen and oxygen atoms in total. The largest absolute Gasteiger partial charge is 0.463 e. The first-order chi connectivity index (χ1) is 10.4. The summed E-state index contributed by atoms with van der Waals surface area (Å²) in [6.07, 6.45) is 7.50. The second-order valence-corrected chi connectivity index (χ2v) is 5.55. The van der Waals surface area contributed by atoms with Crippen molar-refractivity contribution in [1.29, 1.82) is 0 Å². The van der Waals surface area contributed by atoms with Crippen LogP contribution in [0.1, 0.15) is 19.8 Å². The molecule has 108 valence electrons. The van der Waals surface area contributed by atoms with E-state index in [0.717, 1.165) is 41.3 Å². The zero-order chi connectivity index (χ0) is 14.5. The number of nitrogens with zero attached hydrogens (tertiary/aromatic N) is 3. The molecule has 0 saturated heterocycles. The Morgan fingerprint density at radius 1 is 1.33 bits per heavy atom. The third kappa shape index (κ3) is 3.13. The van der Waals surface area contributed by atoms with Gasteiger partial charge in [-0.3, -0.25) is 4.98 Å². The second kappa shape index (κ2) is 6.54. The molecule has 3 aromatic heterocycles. The van der Waals surface area contributed by atoms with E-state index in [1.54, 1.807) is 30.0 Å². The molecule has 0 aliphatic rings. The normalized spacial score (nSPS) is 12.0. The first-order valence-corrected chi connectivity index (χ1v) is 7.93. The standard InChI is InChI=1S/C16H17N3OS/c1-2-3-9-19-14(15-7-5-10-20-15)12-21-16(19)18-13-6-4-8-17-11-13/h4-8,10-12H,2-3,9H2,1H3. The Hall–Kier alpha value is -2.14. The molecule has 3 rings (SSSR count). The summed E-state index contributed by atoms with van der Waals surface area (Å²) in [7, 11) is 0. The summed E-state index contributed by atoms with van der Waals surface area (Å²) in [5.74, 6) is 0.884. The minimum absolute atomic E-state index is 0.871. The quantitative estimate of drug-likeness (QED) is 0.707. The molecule has 0 saturated carbocycles. The van der Waals surface area contributed by atoms with E-state index in [-0.39, 0.29) is 0 Å². The molecule has 3 aromatic rings. The Labute approximate surface area is 127 Å². The molecule has 21 heavy (non-hydrogen) atoms. The molecule has 0 aromatic carbocycles. The fourth-order valence-electron chi connectivity index (χ4n) is 2.10. The highest BCUT2D eigenvalue weighted by Crippen LogP contribution is 2.21. The Bertz CT molecular complexity index is 741. The van der Waals surface area contributed by atoms with E-state index in [2.05, 4.69) is 21.9 Å². The zero-order valence-corrected chi connectivity index (χ0v) is 12.7. The van der Waals surface area contributed by atoms with E-state index in [9.17, 15) is 0 Å². The maximum atomic E-state index is 5.54. The number of thiazole rings is 1. The monoisotopic (exact) mass is 299 g/mol. The van der Waals surface area contributed by atoms with Crippen molar-refractivity contribution in [3.8, 4) is 11.5 Å². The van der Waals surface area contributed by atoms with Crippen molar-refractivity contribution in [2.75, 3.05) is 0 Å². The van der Waals surface area contributed by atoms with E-state index < -0.39 is 0 Å². The number of hydrogen-bond acceptors (Lipinski definition) is 4. The van der Waals surface area contributed by atoms with Crippen molar-refractivity contribution in [1.82, 2.24) is 9.55 Å². The van der Waals surface area contributed by atoms with Gasteiger partial charge in [-0.1, -0.05) is 13.3 Å². The molecule has 0 aliphatic carbocycles. The van der Waals surface area contributed by atoms with Crippen LogP contribution in [0.5, 0.6) is 0 Å². The summed E-state index contributed by atoms with van der Waals surface area (Å²) >= 11 is 1.63. The SMILES string of the molecule is CCCCn1c(-c2ccco2)csc1=Nc1cccnc1. The lowest BCUT2D eigenvalue weighted by atomic mass is 10.3. The van der Waals surface area contributed by atoms with Crippen LogP contribution in [0, 0.1) is 0 Å². The van der Waals surface area contributed by atoms with Crippen LogP contribution in [-0.2, 0) is 6.54 Å². The molecule has 0 unspecified atom stereocenters. The van der Waals surface area contributed by atoms with Crippen molar-refractivity contribution in [3.05, 3.63) is 53.1 Å². The third-order valence-corrected chi connectivity index (χ3v) is 4.04. The fraction of sp³-hybridized carbons (Fsp3) is 0.250. The molecular formula is C16H17N3OS. The van der Waals surface area contributed by atoms with E-state index >= 15 is 0 Å². The first-order valence-electron chi connectivity index (χ1n) is 7.05. The van der Waals surface area contributed by atoms with Gasteiger partial charge in [0.1, 0.15) is 0 Å². The van der Waals surface area contributed by atoms with Gasteiger partial charge in [0.05, 0.1) is 23.8 Å². The van der Waals surface area contributed by atoms with Crippen molar-refractivity contribution >= 4 is 17.0 Å². The second-order valence-electron chi connectivity index (χ2n) is 4.71. The van der Waals surface area contributed by atoms with Crippen LogP contribution in [-0.4, -0.2) is 9.55 Å². The lowest BCUT2D eigenvalue weighted by Gasteiger charge is -2.06. The Morgan fingerprint density at radius 3 is 3.00 bits per heavy atom. The molecule has 0 bridgehead atoms. The number of hydrogen-bond donors (Lipinski definition) is 0. The molecule has 0 atom stereocenters. The average Bonchev–Trinajstić information content (AvgIpc) is 3.16. The van der Waals surface area contributed by atoms with Gasteiger partial charge >= 0.3 is 0 Å². The van der Waals surface area contributed by atoms with Gasteiger partial charge in [0.2, 0.25) is 0 Å². The fourth-order valence-corrected chi connectivity index (χ4v) is 3.04. The van der Waals surface area contributed by atoms with Crippen molar-refractivity contribution in [3.63, 3.8) is 0 Å². The van der Waals surface area contributed by atoms with Crippen LogP contribution < -0.4 is 4.80 Å². The zero-order valence-electron chi connectivity index (χ0n) is 11.9. The number of rotatable bonds is 5. The molecule has 0 spiro atoms. The Kier molecular flexibility index (Phi) is 4.31. The minimum Gasteiger partial charge on any atom is -0.463 e. The van der Waals surface area contributed by atoms with Gasteiger partial charge in [-0.05, 0) is 30.7 Å². The lowest BCUT2D eigenvalue weighted by Crippen LogP contribution is -2.15. The Balaban J connectivity index is 2.06. The summed E-state index contributed by atoms with van der Waals surface area (Å²) in [5, 5.41) is 2.10. The summed E-state index contributed by atoms with van der Waals surface area (Å²) in [6, 6.07) is 7.76. The summed E-state index contributed by atoms with van der Waals surface area (Å²) in [5.41, 5.74) is 1.96. The molecule has 3 heterocycles. The van der Waals surface area contributed by atoms with Crippen LogP contribution in [0.2, 0.25) is 0 Å². The summed E-state index contributed by atoms with van der Waals surface area (Å²) < 4.78 is 7.76. The van der Waals surface area contributed by atoms with Gasteiger partial charge in [-0.15, -0.1) is 11.3 Å².